The van der Waals surface area contributed by atoms with Crippen molar-refractivity contribution in [3.8, 4) is 5.75 Å². The van der Waals surface area contributed by atoms with Crippen LogP contribution in [-0.2, 0) is 10.0 Å². The van der Waals surface area contributed by atoms with Crippen molar-refractivity contribution in [2.45, 2.75) is 17.4 Å². The molecule has 160 valence electrons. The zero-order valence-corrected chi connectivity index (χ0v) is 19.4. The van der Waals surface area contributed by atoms with Gasteiger partial charge in [0, 0.05) is 27.1 Å². The van der Waals surface area contributed by atoms with E-state index >= 15 is 0 Å². The minimum Gasteiger partial charge on any atom is -0.497 e. The first-order chi connectivity index (χ1) is 14.8. The van der Waals surface area contributed by atoms with Gasteiger partial charge in [0.15, 0.2) is 0 Å². The first-order valence-electron chi connectivity index (χ1n) is 9.26. The summed E-state index contributed by atoms with van der Waals surface area (Å²) in [6.07, 6.45) is 0.335. The Labute approximate surface area is 195 Å². The number of rotatable bonds is 5. The zero-order valence-electron chi connectivity index (χ0n) is 16.3. The molecule has 5 nitrogen and oxygen atoms in total. The molecule has 1 unspecified atom stereocenters. The van der Waals surface area contributed by atoms with Gasteiger partial charge in [-0.15, -0.1) is 0 Å². The maximum Gasteiger partial charge on any atom is 0.279 e. The van der Waals surface area contributed by atoms with Gasteiger partial charge in [-0.25, -0.2) is 0 Å². The summed E-state index contributed by atoms with van der Waals surface area (Å²) < 4.78 is 33.4. The van der Waals surface area contributed by atoms with E-state index in [0.29, 0.717) is 38.5 Å². The predicted octanol–water partition coefficient (Wildman–Crippen LogP) is 6.20. The average Bonchev–Trinajstić information content (AvgIpc) is 3.20. The molecule has 1 atom stereocenters. The molecule has 3 aromatic rings. The number of sulfonamides is 1. The number of methoxy groups -OCH3 is 1. The van der Waals surface area contributed by atoms with Gasteiger partial charge in [-0.3, -0.25) is 0 Å². The Kier molecular flexibility index (Phi) is 6.17. The molecule has 0 aromatic heterocycles. The van der Waals surface area contributed by atoms with Gasteiger partial charge in [-0.05, 0) is 54.1 Å². The number of nitrogens with zero attached hydrogens (tertiary/aromatic N) is 2. The maximum atomic E-state index is 13.5. The summed E-state index contributed by atoms with van der Waals surface area (Å²) in [7, 11) is -2.40. The number of hydrogen-bond donors (Lipinski definition) is 0. The molecular weight excluding hydrogens is 479 g/mol. The minimum atomic E-state index is -3.97. The Morgan fingerprint density at radius 3 is 2.35 bits per heavy atom. The van der Waals surface area contributed by atoms with E-state index in [4.69, 9.17) is 39.5 Å². The normalized spacial score (nSPS) is 16.3. The molecule has 1 aliphatic rings. The van der Waals surface area contributed by atoms with Crippen molar-refractivity contribution < 1.29 is 13.2 Å². The van der Waals surface area contributed by atoms with E-state index in [0.717, 1.165) is 9.98 Å². The third-order valence-electron chi connectivity index (χ3n) is 4.95. The van der Waals surface area contributed by atoms with E-state index in [1.807, 2.05) is 24.3 Å². The monoisotopic (exact) mass is 494 g/mol. The van der Waals surface area contributed by atoms with Crippen LogP contribution in [0, 0.1) is 0 Å². The Bertz CT molecular complexity index is 1260. The number of hydrazone groups is 1. The maximum absolute atomic E-state index is 13.5. The average molecular weight is 496 g/mol. The molecule has 4 rings (SSSR count). The van der Waals surface area contributed by atoms with Crippen LogP contribution in [-0.4, -0.2) is 25.7 Å². The van der Waals surface area contributed by atoms with Crippen LogP contribution < -0.4 is 4.74 Å². The Morgan fingerprint density at radius 2 is 1.68 bits per heavy atom. The van der Waals surface area contributed by atoms with Gasteiger partial charge in [0.2, 0.25) is 0 Å². The molecule has 0 saturated carbocycles. The summed E-state index contributed by atoms with van der Waals surface area (Å²) in [5, 5.41) is 5.79. The summed E-state index contributed by atoms with van der Waals surface area (Å²) in [5.74, 6) is 0.653. The molecule has 9 heteroatoms. The molecule has 0 saturated heterocycles. The third kappa shape index (κ3) is 4.39. The second kappa shape index (κ2) is 8.71. The number of ether oxygens (including phenoxy) is 1. The van der Waals surface area contributed by atoms with E-state index in [1.165, 1.54) is 24.3 Å². The van der Waals surface area contributed by atoms with Gasteiger partial charge < -0.3 is 4.74 Å². The van der Waals surface area contributed by atoms with Crippen LogP contribution in [0.4, 0.5) is 0 Å². The first kappa shape index (κ1) is 22.0. The van der Waals surface area contributed by atoms with Crippen LogP contribution in [0.2, 0.25) is 15.1 Å². The Hall–Kier alpha value is -2.25. The van der Waals surface area contributed by atoms with E-state index in [9.17, 15) is 8.42 Å². The molecule has 31 heavy (non-hydrogen) atoms. The second-order valence-electron chi connectivity index (χ2n) is 6.90. The Balaban J connectivity index is 1.83. The van der Waals surface area contributed by atoms with Crippen molar-refractivity contribution in [1.29, 1.82) is 0 Å². The van der Waals surface area contributed by atoms with Crippen molar-refractivity contribution in [3.05, 3.63) is 92.9 Å². The fourth-order valence-electron chi connectivity index (χ4n) is 3.41. The third-order valence-corrected chi connectivity index (χ3v) is 7.47. The standard InChI is InChI=1S/C22H17Cl3N2O3S/c1-30-17-4-2-3-14(11-17)21-13-22(19-10-7-16(24)12-20(19)25)27(26-21)31(28,29)18-8-5-15(23)6-9-18/h2-12,22H,13H2,1H3. The second-order valence-corrected chi connectivity index (χ2v) is 9.97. The van der Waals surface area contributed by atoms with Gasteiger partial charge in [0.05, 0.1) is 23.8 Å². The quantitative estimate of drug-likeness (QED) is 0.424. The highest BCUT2D eigenvalue weighted by Crippen LogP contribution is 2.40. The highest BCUT2D eigenvalue weighted by molar-refractivity contribution is 7.89. The van der Waals surface area contributed by atoms with Crippen LogP contribution in [0.3, 0.4) is 0 Å². The van der Waals surface area contributed by atoms with E-state index in [1.54, 1.807) is 25.3 Å². The lowest BCUT2D eigenvalue weighted by Crippen LogP contribution is -2.27. The highest BCUT2D eigenvalue weighted by Gasteiger charge is 2.38. The van der Waals surface area contributed by atoms with Crippen LogP contribution in [0.15, 0.2) is 76.7 Å². The molecule has 0 fully saturated rings. The molecule has 0 bridgehead atoms. The van der Waals surface area contributed by atoms with E-state index in [2.05, 4.69) is 5.10 Å². The Morgan fingerprint density at radius 1 is 0.968 bits per heavy atom. The summed E-state index contributed by atoms with van der Waals surface area (Å²) in [6.45, 7) is 0. The van der Waals surface area contributed by atoms with Gasteiger partial charge >= 0.3 is 0 Å². The number of halogens is 3. The van der Waals surface area contributed by atoms with Gasteiger partial charge in [0.1, 0.15) is 5.75 Å². The van der Waals surface area contributed by atoms with Crippen molar-refractivity contribution in [2.24, 2.45) is 5.10 Å². The largest absolute Gasteiger partial charge is 0.497 e. The van der Waals surface area contributed by atoms with E-state index < -0.39 is 16.1 Å². The molecule has 0 spiro atoms. The summed E-state index contributed by atoms with van der Waals surface area (Å²) in [4.78, 5) is 0.0858. The fourth-order valence-corrected chi connectivity index (χ4v) is 5.49. The number of benzene rings is 3. The molecule has 0 N–H and O–H groups in total. The fraction of sp³-hybridized carbons (Fsp3) is 0.136. The molecule has 0 aliphatic carbocycles. The number of hydrogen-bond acceptors (Lipinski definition) is 4. The lowest BCUT2D eigenvalue weighted by molar-refractivity contribution is 0.371. The van der Waals surface area contributed by atoms with Crippen molar-refractivity contribution in [3.63, 3.8) is 0 Å². The highest BCUT2D eigenvalue weighted by atomic mass is 35.5. The summed E-state index contributed by atoms with van der Waals surface area (Å²) in [6, 6.07) is 17.7. The molecule has 3 aromatic carbocycles. The topological polar surface area (TPSA) is 59.0 Å². The SMILES string of the molecule is COc1cccc(C2=NN(S(=O)(=O)c3ccc(Cl)cc3)C(c3ccc(Cl)cc3Cl)C2)c1. The van der Waals surface area contributed by atoms with Crippen molar-refractivity contribution >= 4 is 50.5 Å². The lowest BCUT2D eigenvalue weighted by atomic mass is 9.99. The van der Waals surface area contributed by atoms with Crippen LogP contribution in [0.5, 0.6) is 5.75 Å². The summed E-state index contributed by atoms with van der Waals surface area (Å²) >= 11 is 18.4. The first-order valence-corrected chi connectivity index (χ1v) is 11.8. The molecule has 0 amide bonds. The van der Waals surface area contributed by atoms with Crippen LogP contribution in [0.1, 0.15) is 23.6 Å². The molecule has 1 aliphatic heterocycles. The van der Waals surface area contributed by atoms with Crippen molar-refractivity contribution in [2.75, 3.05) is 7.11 Å². The van der Waals surface area contributed by atoms with Gasteiger partial charge in [0.25, 0.3) is 10.0 Å². The van der Waals surface area contributed by atoms with Gasteiger partial charge in [-0.1, -0.05) is 53.0 Å². The van der Waals surface area contributed by atoms with Crippen LogP contribution in [0.25, 0.3) is 0 Å². The molecule has 0 radical (unpaired) electrons. The minimum absolute atomic E-state index is 0.0858. The van der Waals surface area contributed by atoms with Crippen LogP contribution >= 0.6 is 34.8 Å². The lowest BCUT2D eigenvalue weighted by Gasteiger charge is -2.24. The predicted molar refractivity (Wildman–Crippen MR) is 124 cm³/mol. The summed E-state index contributed by atoms with van der Waals surface area (Å²) in [5.41, 5.74) is 1.99. The van der Waals surface area contributed by atoms with Gasteiger partial charge in [-0.2, -0.15) is 17.9 Å². The van der Waals surface area contributed by atoms with E-state index in [-0.39, 0.29) is 4.90 Å². The smallest absolute Gasteiger partial charge is 0.279 e. The van der Waals surface area contributed by atoms with Crippen molar-refractivity contribution in [1.82, 2.24) is 4.41 Å². The molecular formula is C22H17Cl3N2O3S. The molecule has 1 heterocycles. The zero-order chi connectivity index (χ0) is 22.2.